The van der Waals surface area contributed by atoms with Gasteiger partial charge in [0.25, 0.3) is 0 Å². The van der Waals surface area contributed by atoms with E-state index >= 15 is 0 Å². The summed E-state index contributed by atoms with van der Waals surface area (Å²) >= 11 is 0. The number of imide groups is 1. The molecule has 0 aromatic carbocycles. The number of carbonyl (C=O) groups excluding carboxylic acids is 2. The fourth-order valence-corrected chi connectivity index (χ4v) is 2.55. The zero-order valence-electron chi connectivity index (χ0n) is 8.11. The van der Waals surface area contributed by atoms with Gasteiger partial charge in [-0.1, -0.05) is 12.8 Å². The second kappa shape index (κ2) is 3.69. The molecule has 0 aromatic heterocycles. The number of amides is 2. The number of carbonyl (C=O) groups is 2. The summed E-state index contributed by atoms with van der Waals surface area (Å²) in [5.41, 5.74) is 0. The van der Waals surface area contributed by atoms with E-state index in [9.17, 15) is 9.59 Å². The molecule has 2 unspecified atom stereocenters. The monoisotopic (exact) mass is 197 g/mol. The summed E-state index contributed by atoms with van der Waals surface area (Å²) in [6, 6.07) is 0. The van der Waals surface area contributed by atoms with Gasteiger partial charge in [0.15, 0.2) is 0 Å². The maximum atomic E-state index is 11.7. The molecule has 1 aliphatic carbocycles. The van der Waals surface area contributed by atoms with Gasteiger partial charge in [-0.15, -0.1) is 0 Å². The number of rotatable bonds is 2. The first-order valence-corrected chi connectivity index (χ1v) is 5.22. The smallest absolute Gasteiger partial charge is 0.233 e. The van der Waals surface area contributed by atoms with Crippen LogP contribution in [0.5, 0.6) is 0 Å². The molecule has 1 N–H and O–H groups in total. The van der Waals surface area contributed by atoms with Gasteiger partial charge >= 0.3 is 0 Å². The van der Waals surface area contributed by atoms with Crippen molar-refractivity contribution in [2.24, 2.45) is 11.8 Å². The molecular formula is C10H15NO3. The van der Waals surface area contributed by atoms with Gasteiger partial charge in [-0.25, -0.2) is 0 Å². The summed E-state index contributed by atoms with van der Waals surface area (Å²) in [6.45, 7) is 0.0432. The lowest BCUT2D eigenvalue weighted by atomic mass is 9.81. The predicted octanol–water partition coefficient (Wildman–Crippen LogP) is 0.154. The fourth-order valence-electron chi connectivity index (χ4n) is 2.55. The number of hydrogen-bond acceptors (Lipinski definition) is 3. The molecule has 0 bridgehead atoms. The van der Waals surface area contributed by atoms with Crippen LogP contribution in [0, 0.1) is 11.8 Å². The lowest BCUT2D eigenvalue weighted by Crippen LogP contribution is -2.33. The van der Waals surface area contributed by atoms with Crippen molar-refractivity contribution in [2.75, 3.05) is 13.2 Å². The summed E-state index contributed by atoms with van der Waals surface area (Å²) in [5, 5.41) is 8.75. The second-order valence-corrected chi connectivity index (χ2v) is 4.05. The van der Waals surface area contributed by atoms with E-state index in [2.05, 4.69) is 0 Å². The van der Waals surface area contributed by atoms with Gasteiger partial charge in [0.2, 0.25) is 11.8 Å². The Morgan fingerprint density at radius 1 is 1.14 bits per heavy atom. The van der Waals surface area contributed by atoms with Crippen LogP contribution in [0.2, 0.25) is 0 Å². The van der Waals surface area contributed by atoms with Crippen LogP contribution in [-0.2, 0) is 9.59 Å². The zero-order chi connectivity index (χ0) is 10.1. The van der Waals surface area contributed by atoms with Crippen LogP contribution < -0.4 is 0 Å². The molecule has 0 aromatic rings. The van der Waals surface area contributed by atoms with Gasteiger partial charge in [-0.2, -0.15) is 0 Å². The highest BCUT2D eigenvalue weighted by Crippen LogP contribution is 2.37. The van der Waals surface area contributed by atoms with E-state index in [1.807, 2.05) is 0 Å². The number of β-amino-alcohol motifs (C(OH)–C–C–N with tert-alkyl or cyclic N) is 1. The minimum absolute atomic E-state index is 0.0613. The number of likely N-dealkylation sites (tertiary alicyclic amines) is 1. The van der Waals surface area contributed by atoms with Crippen LogP contribution in [0.4, 0.5) is 0 Å². The molecule has 4 nitrogen and oxygen atoms in total. The minimum Gasteiger partial charge on any atom is -0.395 e. The summed E-state index contributed by atoms with van der Waals surface area (Å²) < 4.78 is 0. The van der Waals surface area contributed by atoms with Gasteiger partial charge < -0.3 is 5.11 Å². The van der Waals surface area contributed by atoms with Crippen LogP contribution in [0.25, 0.3) is 0 Å². The van der Waals surface area contributed by atoms with Crippen molar-refractivity contribution in [1.29, 1.82) is 0 Å². The Morgan fingerprint density at radius 2 is 1.64 bits per heavy atom. The Morgan fingerprint density at radius 3 is 2.07 bits per heavy atom. The Balaban J connectivity index is 2.15. The molecule has 78 valence electrons. The first kappa shape index (κ1) is 9.65. The van der Waals surface area contributed by atoms with Crippen molar-refractivity contribution in [3.05, 3.63) is 0 Å². The first-order valence-electron chi connectivity index (χ1n) is 5.22. The summed E-state index contributed by atoms with van der Waals surface area (Å²) in [7, 11) is 0. The van der Waals surface area contributed by atoms with E-state index in [0.29, 0.717) is 0 Å². The third kappa shape index (κ3) is 1.34. The number of fused-ring (bicyclic) bond motifs is 1. The molecule has 14 heavy (non-hydrogen) atoms. The molecule has 1 aliphatic heterocycles. The van der Waals surface area contributed by atoms with Crippen molar-refractivity contribution in [2.45, 2.75) is 25.7 Å². The topological polar surface area (TPSA) is 57.6 Å². The highest BCUT2D eigenvalue weighted by molar-refractivity contribution is 6.05. The maximum Gasteiger partial charge on any atom is 0.233 e. The quantitative estimate of drug-likeness (QED) is 0.641. The van der Waals surface area contributed by atoms with Crippen molar-refractivity contribution in [3.8, 4) is 0 Å². The van der Waals surface area contributed by atoms with Crippen molar-refractivity contribution in [1.82, 2.24) is 4.90 Å². The Kier molecular flexibility index (Phi) is 2.54. The normalized spacial score (nSPS) is 32.2. The number of hydrogen-bond donors (Lipinski definition) is 1. The van der Waals surface area contributed by atoms with E-state index < -0.39 is 0 Å². The molecule has 0 radical (unpaired) electrons. The molecule has 2 atom stereocenters. The van der Waals surface area contributed by atoms with Crippen molar-refractivity contribution in [3.63, 3.8) is 0 Å². The third-order valence-electron chi connectivity index (χ3n) is 3.26. The molecule has 1 saturated carbocycles. The van der Waals surface area contributed by atoms with Gasteiger partial charge in [-0.05, 0) is 12.8 Å². The molecule has 2 rings (SSSR count). The lowest BCUT2D eigenvalue weighted by molar-refractivity contribution is -0.140. The molecule has 0 spiro atoms. The van der Waals surface area contributed by atoms with Gasteiger partial charge in [0.05, 0.1) is 25.0 Å². The number of aliphatic hydroxyl groups excluding tert-OH is 1. The van der Waals surface area contributed by atoms with Gasteiger partial charge in [0.1, 0.15) is 0 Å². The maximum absolute atomic E-state index is 11.7. The largest absolute Gasteiger partial charge is 0.395 e. The predicted molar refractivity (Wildman–Crippen MR) is 49.3 cm³/mol. The highest BCUT2D eigenvalue weighted by Gasteiger charge is 2.47. The Bertz CT molecular complexity index is 240. The minimum atomic E-state index is -0.128. The summed E-state index contributed by atoms with van der Waals surface area (Å²) in [5.74, 6) is -0.284. The molecule has 4 heteroatoms. The molecule has 1 saturated heterocycles. The standard InChI is InChI=1S/C10H15NO3/c12-6-5-11-9(13)7-3-1-2-4-8(7)10(11)14/h7-8,12H,1-6H2. The summed E-state index contributed by atoms with van der Waals surface area (Å²) in [4.78, 5) is 24.7. The lowest BCUT2D eigenvalue weighted by Gasteiger charge is -2.19. The molecule has 1 heterocycles. The average Bonchev–Trinajstić information content (AvgIpc) is 2.45. The Hall–Kier alpha value is -0.900. The SMILES string of the molecule is O=C1C2CCCCC2C(=O)N1CCO. The van der Waals surface area contributed by atoms with E-state index in [1.165, 1.54) is 4.90 Å². The van der Waals surface area contributed by atoms with E-state index in [4.69, 9.17) is 5.11 Å². The second-order valence-electron chi connectivity index (χ2n) is 4.05. The van der Waals surface area contributed by atoms with E-state index in [-0.39, 0.29) is 36.8 Å². The third-order valence-corrected chi connectivity index (χ3v) is 3.26. The van der Waals surface area contributed by atoms with Crippen LogP contribution >= 0.6 is 0 Å². The van der Waals surface area contributed by atoms with Crippen LogP contribution in [0.15, 0.2) is 0 Å². The number of nitrogens with zero attached hydrogens (tertiary/aromatic N) is 1. The molecule has 2 aliphatic rings. The van der Waals surface area contributed by atoms with Crippen LogP contribution in [0.3, 0.4) is 0 Å². The first-order chi connectivity index (χ1) is 6.75. The zero-order valence-corrected chi connectivity index (χ0v) is 8.11. The number of aliphatic hydroxyl groups is 1. The summed E-state index contributed by atoms with van der Waals surface area (Å²) in [6.07, 6.45) is 3.79. The van der Waals surface area contributed by atoms with Crippen molar-refractivity contribution >= 4 is 11.8 Å². The van der Waals surface area contributed by atoms with E-state index in [1.54, 1.807) is 0 Å². The van der Waals surface area contributed by atoms with Crippen LogP contribution in [0.1, 0.15) is 25.7 Å². The average molecular weight is 197 g/mol. The molecular weight excluding hydrogens is 182 g/mol. The van der Waals surface area contributed by atoms with Gasteiger partial charge in [-0.3, -0.25) is 14.5 Å². The van der Waals surface area contributed by atoms with E-state index in [0.717, 1.165) is 25.7 Å². The van der Waals surface area contributed by atoms with Crippen molar-refractivity contribution < 1.29 is 14.7 Å². The molecule has 2 fully saturated rings. The molecule has 2 amide bonds. The Labute approximate surface area is 82.9 Å². The van der Waals surface area contributed by atoms with Gasteiger partial charge in [0, 0.05) is 0 Å². The fraction of sp³-hybridized carbons (Fsp3) is 0.800. The highest BCUT2D eigenvalue weighted by atomic mass is 16.3. The van der Waals surface area contributed by atoms with Crippen LogP contribution in [-0.4, -0.2) is 35.0 Å².